The molecule has 1 heterocycles. The van der Waals surface area contributed by atoms with Crippen LogP contribution in [0.25, 0.3) is 0 Å². The molecule has 3 aromatic rings. The predicted molar refractivity (Wildman–Crippen MR) is 146 cm³/mol. The summed E-state index contributed by atoms with van der Waals surface area (Å²) >= 11 is 0. The molecule has 0 unspecified atom stereocenters. The number of unbranched alkanes of at least 4 members (excludes halogenated alkanes) is 3. The van der Waals surface area contributed by atoms with Crippen LogP contribution in [0.15, 0.2) is 77.4 Å². The molecule has 0 bridgehead atoms. The monoisotopic (exact) mass is 504 g/mol. The molecule has 0 atom stereocenters. The van der Waals surface area contributed by atoms with Crippen molar-refractivity contribution in [1.82, 2.24) is 9.80 Å². The van der Waals surface area contributed by atoms with Gasteiger partial charge in [-0.3, -0.25) is 9.59 Å². The summed E-state index contributed by atoms with van der Waals surface area (Å²) in [6.45, 7) is 3.78. The van der Waals surface area contributed by atoms with Crippen molar-refractivity contribution in [2.75, 3.05) is 33.4 Å². The van der Waals surface area contributed by atoms with Gasteiger partial charge < -0.3 is 19.0 Å². The number of hydrogen-bond acceptors (Lipinski definition) is 4. The molecule has 0 N–H and O–H groups in total. The van der Waals surface area contributed by atoms with E-state index in [0.717, 1.165) is 24.8 Å². The Labute approximate surface area is 221 Å². The van der Waals surface area contributed by atoms with Crippen LogP contribution in [-0.4, -0.2) is 55.0 Å². The highest BCUT2D eigenvalue weighted by atomic mass is 16.5. The van der Waals surface area contributed by atoms with Gasteiger partial charge in [-0.1, -0.05) is 68.7 Å². The highest BCUT2D eigenvalue weighted by Crippen LogP contribution is 2.13. The highest BCUT2D eigenvalue weighted by molar-refractivity contribution is 5.96. The first-order valence-corrected chi connectivity index (χ1v) is 13.3. The molecule has 3 rings (SSSR count). The van der Waals surface area contributed by atoms with E-state index in [1.807, 2.05) is 54.6 Å². The Kier molecular flexibility index (Phi) is 11.9. The summed E-state index contributed by atoms with van der Waals surface area (Å²) in [7, 11) is 1.60. The van der Waals surface area contributed by atoms with Gasteiger partial charge in [0, 0.05) is 25.8 Å². The molecule has 2 amide bonds. The third kappa shape index (κ3) is 9.54. The SMILES string of the molecule is CCCCCCc1ccc(C(=O)N(CCOC)CC(=O)N(CCc2ccccc2)Cc2ccco2)cc1. The average Bonchev–Trinajstić information content (AvgIpc) is 3.45. The number of methoxy groups -OCH3 is 1. The van der Waals surface area contributed by atoms with Crippen molar-refractivity contribution in [3.63, 3.8) is 0 Å². The number of aryl methyl sites for hydroxylation is 1. The Morgan fingerprint density at radius 1 is 0.811 bits per heavy atom. The van der Waals surface area contributed by atoms with Crippen molar-refractivity contribution in [3.05, 3.63) is 95.4 Å². The normalized spacial score (nSPS) is 10.9. The molecular weight excluding hydrogens is 464 g/mol. The molecule has 0 aliphatic carbocycles. The summed E-state index contributed by atoms with van der Waals surface area (Å²) in [5, 5.41) is 0. The molecule has 198 valence electrons. The fourth-order valence-electron chi connectivity index (χ4n) is 4.26. The number of carbonyl (C=O) groups excluding carboxylic acids is 2. The van der Waals surface area contributed by atoms with Crippen LogP contribution in [0, 0.1) is 0 Å². The molecule has 2 aromatic carbocycles. The maximum Gasteiger partial charge on any atom is 0.254 e. The van der Waals surface area contributed by atoms with Crippen LogP contribution in [0.5, 0.6) is 0 Å². The number of rotatable bonds is 16. The van der Waals surface area contributed by atoms with Crippen molar-refractivity contribution in [2.45, 2.75) is 52.0 Å². The Morgan fingerprint density at radius 3 is 2.24 bits per heavy atom. The van der Waals surface area contributed by atoms with Gasteiger partial charge in [-0.25, -0.2) is 0 Å². The maximum absolute atomic E-state index is 13.5. The van der Waals surface area contributed by atoms with Crippen LogP contribution in [0.1, 0.15) is 59.9 Å². The average molecular weight is 505 g/mol. The molecule has 6 heteroatoms. The van der Waals surface area contributed by atoms with Crippen LogP contribution in [0.4, 0.5) is 0 Å². The van der Waals surface area contributed by atoms with Gasteiger partial charge in [-0.05, 0) is 54.7 Å². The Morgan fingerprint density at radius 2 is 1.57 bits per heavy atom. The van der Waals surface area contributed by atoms with Crippen LogP contribution >= 0.6 is 0 Å². The molecule has 0 radical (unpaired) electrons. The van der Waals surface area contributed by atoms with E-state index in [1.54, 1.807) is 23.2 Å². The van der Waals surface area contributed by atoms with Crippen molar-refractivity contribution < 1.29 is 18.7 Å². The largest absolute Gasteiger partial charge is 0.467 e. The Bertz CT molecular complexity index is 1050. The third-order valence-electron chi connectivity index (χ3n) is 6.49. The van der Waals surface area contributed by atoms with Crippen molar-refractivity contribution >= 4 is 11.8 Å². The van der Waals surface area contributed by atoms with Gasteiger partial charge in [0.25, 0.3) is 5.91 Å². The number of furan rings is 1. The molecule has 1 aromatic heterocycles. The van der Waals surface area contributed by atoms with E-state index in [4.69, 9.17) is 9.15 Å². The minimum absolute atomic E-state index is 0.0174. The summed E-state index contributed by atoms with van der Waals surface area (Å²) in [4.78, 5) is 30.2. The van der Waals surface area contributed by atoms with E-state index in [-0.39, 0.29) is 18.4 Å². The van der Waals surface area contributed by atoms with Crippen LogP contribution < -0.4 is 0 Å². The predicted octanol–water partition coefficient (Wildman–Crippen LogP) is 5.76. The summed E-state index contributed by atoms with van der Waals surface area (Å²) in [5.74, 6) is 0.430. The van der Waals surface area contributed by atoms with Crippen molar-refractivity contribution in [3.8, 4) is 0 Å². The first kappa shape index (κ1) is 28.2. The summed E-state index contributed by atoms with van der Waals surface area (Å²) in [5.41, 5.74) is 2.97. The van der Waals surface area contributed by atoms with Crippen molar-refractivity contribution in [1.29, 1.82) is 0 Å². The molecule has 0 aliphatic rings. The number of benzene rings is 2. The van der Waals surface area contributed by atoms with Gasteiger partial charge in [-0.15, -0.1) is 0 Å². The molecule has 0 fully saturated rings. The lowest BCUT2D eigenvalue weighted by molar-refractivity contribution is -0.132. The minimum Gasteiger partial charge on any atom is -0.467 e. The van der Waals surface area contributed by atoms with Gasteiger partial charge in [0.1, 0.15) is 12.3 Å². The topological polar surface area (TPSA) is 63.0 Å². The second-order valence-electron chi connectivity index (χ2n) is 9.36. The van der Waals surface area contributed by atoms with Crippen LogP contribution in [0.2, 0.25) is 0 Å². The van der Waals surface area contributed by atoms with E-state index in [2.05, 4.69) is 19.1 Å². The van der Waals surface area contributed by atoms with E-state index in [9.17, 15) is 9.59 Å². The summed E-state index contributed by atoms with van der Waals surface area (Å²) in [6.07, 6.45) is 8.20. The summed E-state index contributed by atoms with van der Waals surface area (Å²) < 4.78 is 10.8. The fourth-order valence-corrected chi connectivity index (χ4v) is 4.26. The zero-order chi connectivity index (χ0) is 26.3. The highest BCUT2D eigenvalue weighted by Gasteiger charge is 2.23. The molecule has 0 saturated heterocycles. The smallest absolute Gasteiger partial charge is 0.254 e. The van der Waals surface area contributed by atoms with Gasteiger partial charge in [-0.2, -0.15) is 0 Å². The van der Waals surface area contributed by atoms with Gasteiger partial charge in [0.05, 0.1) is 19.4 Å². The standard InChI is InChI=1S/C31H40N2O4/c1-3-4-5-7-13-27-15-17-28(18-16-27)31(35)33(21-23-36-2)25-30(34)32(24-29-14-10-22-37-29)20-19-26-11-8-6-9-12-26/h6,8-12,14-18,22H,3-5,7,13,19-21,23-25H2,1-2H3. The number of nitrogens with zero attached hydrogens (tertiary/aromatic N) is 2. The second kappa shape index (κ2) is 15.7. The molecule has 0 saturated carbocycles. The van der Waals surface area contributed by atoms with E-state index < -0.39 is 0 Å². The summed E-state index contributed by atoms with van der Waals surface area (Å²) in [6, 6.07) is 21.6. The van der Waals surface area contributed by atoms with E-state index >= 15 is 0 Å². The lowest BCUT2D eigenvalue weighted by Crippen LogP contribution is -2.44. The fraction of sp³-hybridized carbons (Fsp3) is 0.419. The van der Waals surface area contributed by atoms with Crippen LogP contribution in [0.3, 0.4) is 0 Å². The Hall–Kier alpha value is -3.38. The molecule has 0 aliphatic heterocycles. The number of hydrogen-bond donors (Lipinski definition) is 0. The zero-order valence-electron chi connectivity index (χ0n) is 22.2. The number of carbonyl (C=O) groups is 2. The van der Waals surface area contributed by atoms with Gasteiger partial charge in [0.2, 0.25) is 5.91 Å². The molecule has 37 heavy (non-hydrogen) atoms. The van der Waals surface area contributed by atoms with Crippen LogP contribution in [-0.2, 0) is 28.9 Å². The zero-order valence-corrected chi connectivity index (χ0v) is 22.2. The van der Waals surface area contributed by atoms with Crippen molar-refractivity contribution in [2.24, 2.45) is 0 Å². The lowest BCUT2D eigenvalue weighted by Gasteiger charge is -2.27. The third-order valence-corrected chi connectivity index (χ3v) is 6.49. The maximum atomic E-state index is 13.5. The number of amides is 2. The van der Waals surface area contributed by atoms with E-state index in [1.165, 1.54) is 24.8 Å². The quantitative estimate of drug-likeness (QED) is 0.233. The molecule has 0 spiro atoms. The minimum atomic E-state index is -0.163. The Balaban J connectivity index is 1.67. The van der Waals surface area contributed by atoms with E-state index in [0.29, 0.717) is 37.6 Å². The van der Waals surface area contributed by atoms with Gasteiger partial charge >= 0.3 is 0 Å². The number of ether oxygens (including phenoxy) is 1. The molecule has 6 nitrogen and oxygen atoms in total. The second-order valence-corrected chi connectivity index (χ2v) is 9.36. The van der Waals surface area contributed by atoms with Gasteiger partial charge in [0.15, 0.2) is 0 Å². The lowest BCUT2D eigenvalue weighted by atomic mass is 10.0. The first-order valence-electron chi connectivity index (χ1n) is 13.3. The first-order chi connectivity index (χ1) is 18.1. The molecular formula is C31H40N2O4.